The molecule has 0 spiro atoms. The summed E-state index contributed by atoms with van der Waals surface area (Å²) >= 11 is 1.46. The van der Waals surface area contributed by atoms with E-state index in [1.807, 2.05) is 12.3 Å². The lowest BCUT2D eigenvalue weighted by Gasteiger charge is -2.19. The number of hydrazone groups is 1. The second-order valence-electron chi connectivity index (χ2n) is 4.26. The minimum absolute atomic E-state index is 0.165. The molecular weight excluding hydrogens is 281 g/mol. The molecule has 0 atom stereocenters. The predicted octanol–water partition coefficient (Wildman–Crippen LogP) is 2.90. The van der Waals surface area contributed by atoms with Gasteiger partial charge in [-0.1, -0.05) is 0 Å². The summed E-state index contributed by atoms with van der Waals surface area (Å²) in [4.78, 5) is 4.22. The van der Waals surface area contributed by atoms with Gasteiger partial charge >= 0.3 is 0 Å². The molecule has 1 N–H and O–H groups in total. The van der Waals surface area contributed by atoms with E-state index in [1.165, 1.54) is 29.7 Å². The fourth-order valence-electron chi connectivity index (χ4n) is 1.87. The Bertz CT molecular complexity index is 657. The fourth-order valence-corrected chi connectivity index (χ4v) is 2.50. The molecule has 20 heavy (non-hydrogen) atoms. The monoisotopic (exact) mass is 293 g/mol. The predicted molar refractivity (Wildman–Crippen MR) is 74.8 cm³/mol. The van der Waals surface area contributed by atoms with Gasteiger partial charge in [-0.05, 0) is 19.1 Å². The molecule has 0 bridgehead atoms. The lowest BCUT2D eigenvalue weighted by Crippen LogP contribution is -2.13. The Morgan fingerprint density at radius 3 is 3.20 bits per heavy atom. The van der Waals surface area contributed by atoms with E-state index < -0.39 is 0 Å². The quantitative estimate of drug-likeness (QED) is 0.698. The van der Waals surface area contributed by atoms with E-state index in [-0.39, 0.29) is 12.6 Å². The Hall–Kier alpha value is -1.99. The number of nitrogens with one attached hydrogen (secondary N) is 1. The number of rotatable bonds is 3. The van der Waals surface area contributed by atoms with Crippen molar-refractivity contribution in [2.75, 3.05) is 12.2 Å². The summed E-state index contributed by atoms with van der Waals surface area (Å²) in [5.74, 6) is 0.267. The third-order valence-corrected chi connectivity index (χ3v) is 3.55. The molecule has 1 aromatic carbocycles. The van der Waals surface area contributed by atoms with Crippen LogP contribution in [0, 0.1) is 12.7 Å². The summed E-state index contributed by atoms with van der Waals surface area (Å²) in [7, 11) is 0. The molecule has 0 fully saturated rings. The van der Waals surface area contributed by atoms with Gasteiger partial charge in [0.25, 0.3) is 0 Å². The first-order chi connectivity index (χ1) is 9.72. The van der Waals surface area contributed by atoms with Crippen LogP contribution in [0.4, 0.5) is 9.52 Å². The van der Waals surface area contributed by atoms with Crippen molar-refractivity contribution in [2.45, 2.75) is 13.5 Å². The van der Waals surface area contributed by atoms with Crippen molar-refractivity contribution in [2.24, 2.45) is 5.10 Å². The molecular formula is C13H12FN3O2S. The van der Waals surface area contributed by atoms with Crippen molar-refractivity contribution in [3.63, 3.8) is 0 Å². The molecule has 0 aliphatic carbocycles. The maximum atomic E-state index is 13.5. The summed E-state index contributed by atoms with van der Waals surface area (Å²) in [5.41, 5.74) is 4.99. The molecule has 1 aliphatic heterocycles. The van der Waals surface area contributed by atoms with Gasteiger partial charge in [0.1, 0.15) is 11.6 Å². The lowest BCUT2D eigenvalue weighted by molar-refractivity contribution is -0.0166. The fraction of sp³-hybridized carbons (Fsp3) is 0.231. The normalized spacial score (nSPS) is 14.1. The van der Waals surface area contributed by atoms with Crippen LogP contribution < -0.4 is 10.2 Å². The molecule has 104 valence electrons. The van der Waals surface area contributed by atoms with E-state index >= 15 is 0 Å². The lowest BCUT2D eigenvalue weighted by atomic mass is 10.1. The summed E-state index contributed by atoms with van der Waals surface area (Å²) in [5, 5.41) is 6.67. The molecule has 0 saturated carbocycles. The summed E-state index contributed by atoms with van der Waals surface area (Å²) in [6, 6.07) is 2.78. The second-order valence-corrected chi connectivity index (χ2v) is 5.12. The molecule has 2 heterocycles. The highest BCUT2D eigenvalue weighted by Gasteiger charge is 2.15. The van der Waals surface area contributed by atoms with Gasteiger partial charge in [0.05, 0.1) is 18.5 Å². The average molecular weight is 293 g/mol. The molecule has 5 nitrogen and oxygen atoms in total. The van der Waals surface area contributed by atoms with Crippen molar-refractivity contribution in [1.29, 1.82) is 0 Å². The van der Waals surface area contributed by atoms with E-state index in [2.05, 4.69) is 15.5 Å². The molecule has 2 aromatic rings. The van der Waals surface area contributed by atoms with E-state index in [9.17, 15) is 4.39 Å². The number of aryl methyl sites for hydroxylation is 1. The van der Waals surface area contributed by atoms with Crippen molar-refractivity contribution >= 4 is 22.7 Å². The second kappa shape index (κ2) is 5.56. The molecule has 3 rings (SSSR count). The van der Waals surface area contributed by atoms with Gasteiger partial charge < -0.3 is 9.47 Å². The highest BCUT2D eigenvalue weighted by molar-refractivity contribution is 7.13. The largest absolute Gasteiger partial charge is 0.466 e. The van der Waals surface area contributed by atoms with Crippen LogP contribution in [0.1, 0.15) is 16.8 Å². The summed E-state index contributed by atoms with van der Waals surface area (Å²) in [6.45, 7) is 2.41. The molecule has 1 aliphatic rings. The van der Waals surface area contributed by atoms with Gasteiger partial charge in [0.2, 0.25) is 5.13 Å². The Morgan fingerprint density at radius 1 is 1.50 bits per heavy atom. The highest BCUT2D eigenvalue weighted by atomic mass is 32.1. The third kappa shape index (κ3) is 2.78. The van der Waals surface area contributed by atoms with Crippen molar-refractivity contribution in [3.8, 4) is 5.75 Å². The molecule has 0 unspecified atom stereocenters. The van der Waals surface area contributed by atoms with Crippen LogP contribution in [-0.2, 0) is 11.3 Å². The van der Waals surface area contributed by atoms with Crippen LogP contribution in [0.3, 0.4) is 0 Å². The third-order valence-electron chi connectivity index (χ3n) is 2.69. The number of nitrogens with zero attached hydrogens (tertiary/aromatic N) is 2. The number of ether oxygens (including phenoxy) is 2. The number of benzene rings is 1. The minimum Gasteiger partial charge on any atom is -0.466 e. The molecule has 0 amide bonds. The summed E-state index contributed by atoms with van der Waals surface area (Å²) < 4.78 is 24.0. The topological polar surface area (TPSA) is 55.7 Å². The van der Waals surface area contributed by atoms with Gasteiger partial charge in [-0.25, -0.2) is 9.37 Å². The van der Waals surface area contributed by atoms with E-state index in [0.717, 1.165) is 5.69 Å². The average Bonchev–Trinajstić information content (AvgIpc) is 2.84. The van der Waals surface area contributed by atoms with Gasteiger partial charge in [-0.3, -0.25) is 5.43 Å². The van der Waals surface area contributed by atoms with E-state index in [1.54, 1.807) is 0 Å². The first-order valence-corrected chi connectivity index (χ1v) is 6.84. The zero-order valence-electron chi connectivity index (χ0n) is 10.7. The Kier molecular flexibility index (Phi) is 3.62. The number of fused-ring (bicyclic) bond motifs is 1. The van der Waals surface area contributed by atoms with Crippen LogP contribution in [0.15, 0.2) is 22.6 Å². The van der Waals surface area contributed by atoms with Crippen LogP contribution in [-0.4, -0.2) is 18.0 Å². The van der Waals surface area contributed by atoms with Gasteiger partial charge in [0.15, 0.2) is 6.79 Å². The van der Waals surface area contributed by atoms with Crippen LogP contribution in [0.25, 0.3) is 0 Å². The Morgan fingerprint density at radius 2 is 2.40 bits per heavy atom. The number of aromatic nitrogens is 1. The number of anilines is 1. The zero-order valence-corrected chi connectivity index (χ0v) is 11.5. The van der Waals surface area contributed by atoms with Crippen LogP contribution in [0.5, 0.6) is 5.75 Å². The van der Waals surface area contributed by atoms with Crippen molar-refractivity contribution in [1.82, 2.24) is 4.98 Å². The Labute approximate surface area is 119 Å². The first-order valence-electron chi connectivity index (χ1n) is 5.96. The van der Waals surface area contributed by atoms with Gasteiger partial charge in [-0.15, -0.1) is 11.3 Å². The molecule has 1 aromatic heterocycles. The van der Waals surface area contributed by atoms with Crippen LogP contribution >= 0.6 is 11.3 Å². The number of hydrogen-bond donors (Lipinski definition) is 1. The smallest absolute Gasteiger partial charge is 0.203 e. The first kappa shape index (κ1) is 13.0. The number of thiazole rings is 1. The molecule has 0 radical (unpaired) electrons. The summed E-state index contributed by atoms with van der Waals surface area (Å²) in [6.07, 6.45) is 1.52. The van der Waals surface area contributed by atoms with E-state index in [0.29, 0.717) is 28.6 Å². The minimum atomic E-state index is -0.343. The van der Waals surface area contributed by atoms with E-state index in [4.69, 9.17) is 9.47 Å². The standard InChI is InChI=1S/C13H12FN3O2S/c1-8-6-20-13(16-8)17-15-4-9-2-11(14)3-10-5-18-7-19-12(9)10/h2-4,6H,5,7H2,1H3,(H,16,17). The van der Waals surface area contributed by atoms with Gasteiger partial charge in [-0.2, -0.15) is 5.10 Å². The number of halogens is 1. The highest BCUT2D eigenvalue weighted by Crippen LogP contribution is 2.28. The molecule has 0 saturated heterocycles. The van der Waals surface area contributed by atoms with Gasteiger partial charge in [0, 0.05) is 16.5 Å². The van der Waals surface area contributed by atoms with Crippen molar-refractivity contribution in [3.05, 3.63) is 40.2 Å². The maximum absolute atomic E-state index is 13.5. The SMILES string of the molecule is Cc1csc(NN=Cc2cc(F)cc3c2OCOC3)n1. The molecule has 7 heteroatoms. The zero-order chi connectivity index (χ0) is 13.9. The maximum Gasteiger partial charge on any atom is 0.203 e. The number of hydrogen-bond acceptors (Lipinski definition) is 6. The van der Waals surface area contributed by atoms with Crippen LogP contribution in [0.2, 0.25) is 0 Å². The van der Waals surface area contributed by atoms with Crippen molar-refractivity contribution < 1.29 is 13.9 Å². The Balaban J connectivity index is 1.81.